The number of carbonyl (C=O) groups is 1. The first-order valence-electron chi connectivity index (χ1n) is 9.74. The molecule has 0 aliphatic carbocycles. The van der Waals surface area contributed by atoms with Crippen LogP contribution in [-0.2, 0) is 6.42 Å². The second-order valence-electron chi connectivity index (χ2n) is 6.97. The third kappa shape index (κ3) is 5.31. The third-order valence-electron chi connectivity index (χ3n) is 4.23. The van der Waals surface area contributed by atoms with Gasteiger partial charge < -0.3 is 15.4 Å². The molecule has 0 aliphatic rings. The first-order chi connectivity index (χ1) is 14.0. The average molecular weight is 390 g/mol. The lowest BCUT2D eigenvalue weighted by molar-refractivity contribution is 0.102. The lowest BCUT2D eigenvalue weighted by atomic mass is 10.1. The molecule has 150 valence electrons. The molecule has 2 aromatic carbocycles. The SMILES string of the molecule is CCc1ccccc1NC(=O)c1cc(C)nc(Nc2ccccc2OC(C)C)n1. The maximum absolute atomic E-state index is 12.8. The molecule has 29 heavy (non-hydrogen) atoms. The lowest BCUT2D eigenvalue weighted by Gasteiger charge is -2.15. The van der Waals surface area contributed by atoms with Crippen LogP contribution in [0, 0.1) is 6.92 Å². The smallest absolute Gasteiger partial charge is 0.274 e. The molecule has 1 aromatic heterocycles. The molecule has 3 aromatic rings. The predicted octanol–water partition coefficient (Wildman–Crippen LogP) is 5.13. The second-order valence-corrected chi connectivity index (χ2v) is 6.97. The molecule has 0 spiro atoms. The van der Waals surface area contributed by atoms with Crippen molar-refractivity contribution in [1.29, 1.82) is 0 Å². The van der Waals surface area contributed by atoms with E-state index in [0.29, 0.717) is 23.1 Å². The van der Waals surface area contributed by atoms with E-state index in [1.807, 2.05) is 69.3 Å². The average Bonchev–Trinajstić information content (AvgIpc) is 2.69. The summed E-state index contributed by atoms with van der Waals surface area (Å²) in [7, 11) is 0. The first-order valence-corrected chi connectivity index (χ1v) is 9.74. The Labute approximate surface area is 171 Å². The number of aromatic nitrogens is 2. The van der Waals surface area contributed by atoms with Crippen molar-refractivity contribution in [2.75, 3.05) is 10.6 Å². The van der Waals surface area contributed by atoms with Gasteiger partial charge in [0.15, 0.2) is 0 Å². The van der Waals surface area contributed by atoms with Crippen LogP contribution in [0.2, 0.25) is 0 Å². The Bertz CT molecular complexity index is 1000. The summed E-state index contributed by atoms with van der Waals surface area (Å²) in [5.74, 6) is 0.778. The van der Waals surface area contributed by atoms with Crippen LogP contribution >= 0.6 is 0 Å². The van der Waals surface area contributed by atoms with Crippen LogP contribution < -0.4 is 15.4 Å². The molecule has 6 heteroatoms. The zero-order chi connectivity index (χ0) is 20.8. The van der Waals surface area contributed by atoms with Gasteiger partial charge in [-0.3, -0.25) is 4.79 Å². The largest absolute Gasteiger partial charge is 0.489 e. The quantitative estimate of drug-likeness (QED) is 0.585. The van der Waals surface area contributed by atoms with Gasteiger partial charge in [-0.1, -0.05) is 37.3 Å². The summed E-state index contributed by atoms with van der Waals surface area (Å²) >= 11 is 0. The number of rotatable bonds is 7. The van der Waals surface area contributed by atoms with Crippen molar-refractivity contribution >= 4 is 23.2 Å². The van der Waals surface area contributed by atoms with Crippen molar-refractivity contribution in [2.45, 2.75) is 40.2 Å². The highest BCUT2D eigenvalue weighted by Gasteiger charge is 2.14. The Morgan fingerprint density at radius 2 is 1.72 bits per heavy atom. The highest BCUT2D eigenvalue weighted by Crippen LogP contribution is 2.27. The van der Waals surface area contributed by atoms with Gasteiger partial charge >= 0.3 is 0 Å². The molecule has 0 unspecified atom stereocenters. The fraction of sp³-hybridized carbons (Fsp3) is 0.261. The molecule has 1 amide bonds. The first kappa shape index (κ1) is 20.3. The number of para-hydroxylation sites is 3. The van der Waals surface area contributed by atoms with Crippen molar-refractivity contribution < 1.29 is 9.53 Å². The highest BCUT2D eigenvalue weighted by molar-refractivity contribution is 6.03. The minimum Gasteiger partial charge on any atom is -0.489 e. The van der Waals surface area contributed by atoms with Gasteiger partial charge in [0, 0.05) is 11.4 Å². The van der Waals surface area contributed by atoms with Crippen molar-refractivity contribution in [1.82, 2.24) is 9.97 Å². The number of nitrogens with zero attached hydrogens (tertiary/aromatic N) is 2. The van der Waals surface area contributed by atoms with E-state index in [9.17, 15) is 4.79 Å². The lowest BCUT2D eigenvalue weighted by Crippen LogP contribution is -2.16. The van der Waals surface area contributed by atoms with Crippen LogP contribution in [0.15, 0.2) is 54.6 Å². The van der Waals surface area contributed by atoms with Gasteiger partial charge in [0.2, 0.25) is 5.95 Å². The van der Waals surface area contributed by atoms with E-state index in [1.54, 1.807) is 6.07 Å². The third-order valence-corrected chi connectivity index (χ3v) is 4.23. The number of hydrogen-bond acceptors (Lipinski definition) is 5. The van der Waals surface area contributed by atoms with Crippen LogP contribution in [0.4, 0.5) is 17.3 Å². The predicted molar refractivity (Wildman–Crippen MR) is 116 cm³/mol. The molecule has 0 aliphatic heterocycles. The number of nitrogens with one attached hydrogen (secondary N) is 2. The molecule has 0 saturated carbocycles. The molecule has 1 heterocycles. The van der Waals surface area contributed by atoms with Crippen molar-refractivity contribution in [3.8, 4) is 5.75 Å². The molecular weight excluding hydrogens is 364 g/mol. The van der Waals surface area contributed by atoms with Gasteiger partial charge in [-0.05, 0) is 57.0 Å². The molecule has 0 fully saturated rings. The zero-order valence-electron chi connectivity index (χ0n) is 17.2. The molecule has 0 atom stereocenters. The van der Waals surface area contributed by atoms with Crippen molar-refractivity contribution in [2.24, 2.45) is 0 Å². The Morgan fingerprint density at radius 3 is 2.45 bits per heavy atom. The fourth-order valence-corrected chi connectivity index (χ4v) is 2.92. The minimum absolute atomic E-state index is 0.0383. The monoisotopic (exact) mass is 390 g/mol. The standard InChI is InChI=1S/C23H26N4O2/c1-5-17-10-6-7-11-18(17)25-22(28)20-14-16(4)24-23(27-20)26-19-12-8-9-13-21(19)29-15(2)3/h6-15H,5H2,1-4H3,(H,25,28)(H,24,26,27). The van der Waals surface area contributed by atoms with Gasteiger partial charge in [-0.25, -0.2) is 9.97 Å². The molecule has 6 nitrogen and oxygen atoms in total. The molecule has 3 rings (SSSR count). The van der Waals surface area contributed by atoms with E-state index in [-0.39, 0.29) is 12.0 Å². The second kappa shape index (κ2) is 9.19. The van der Waals surface area contributed by atoms with Crippen LogP contribution in [0.1, 0.15) is 42.5 Å². The molecule has 0 radical (unpaired) electrons. The van der Waals surface area contributed by atoms with E-state index in [4.69, 9.17) is 4.74 Å². The van der Waals surface area contributed by atoms with Crippen molar-refractivity contribution in [3.63, 3.8) is 0 Å². The van der Waals surface area contributed by atoms with Gasteiger partial charge in [0.1, 0.15) is 11.4 Å². The maximum Gasteiger partial charge on any atom is 0.274 e. The Morgan fingerprint density at radius 1 is 1.03 bits per heavy atom. The summed E-state index contributed by atoms with van der Waals surface area (Å²) in [5.41, 5.74) is 3.60. The molecule has 2 N–H and O–H groups in total. The Hall–Kier alpha value is -3.41. The molecule has 0 bridgehead atoms. The summed E-state index contributed by atoms with van der Waals surface area (Å²) in [6.45, 7) is 7.83. The maximum atomic E-state index is 12.8. The summed E-state index contributed by atoms with van der Waals surface area (Å²) < 4.78 is 5.83. The van der Waals surface area contributed by atoms with Crippen LogP contribution in [0.25, 0.3) is 0 Å². The van der Waals surface area contributed by atoms with E-state index < -0.39 is 0 Å². The van der Waals surface area contributed by atoms with E-state index in [2.05, 4.69) is 27.5 Å². The van der Waals surface area contributed by atoms with E-state index in [0.717, 1.165) is 23.4 Å². The van der Waals surface area contributed by atoms with Gasteiger partial charge in [0.05, 0.1) is 11.8 Å². The number of hydrogen-bond donors (Lipinski definition) is 2. The van der Waals surface area contributed by atoms with Crippen LogP contribution in [0.3, 0.4) is 0 Å². The van der Waals surface area contributed by atoms with E-state index in [1.165, 1.54) is 0 Å². The summed E-state index contributed by atoms with van der Waals surface area (Å²) in [6, 6.07) is 17.0. The Balaban J connectivity index is 1.84. The summed E-state index contributed by atoms with van der Waals surface area (Å²) in [6.07, 6.45) is 0.870. The Kier molecular flexibility index (Phi) is 6.44. The normalized spacial score (nSPS) is 10.7. The number of ether oxygens (including phenoxy) is 1. The number of anilines is 3. The van der Waals surface area contributed by atoms with E-state index >= 15 is 0 Å². The topological polar surface area (TPSA) is 76.1 Å². The number of benzene rings is 2. The number of aryl methyl sites for hydroxylation is 2. The summed E-state index contributed by atoms with van der Waals surface area (Å²) in [4.78, 5) is 21.6. The molecular formula is C23H26N4O2. The number of carbonyl (C=O) groups excluding carboxylic acids is 1. The number of amides is 1. The van der Waals surface area contributed by atoms with Gasteiger partial charge in [0.25, 0.3) is 5.91 Å². The summed E-state index contributed by atoms with van der Waals surface area (Å²) in [5, 5.41) is 6.13. The van der Waals surface area contributed by atoms with Gasteiger partial charge in [-0.2, -0.15) is 0 Å². The fourth-order valence-electron chi connectivity index (χ4n) is 2.92. The van der Waals surface area contributed by atoms with Crippen molar-refractivity contribution in [3.05, 3.63) is 71.5 Å². The van der Waals surface area contributed by atoms with Crippen LogP contribution in [0.5, 0.6) is 5.75 Å². The van der Waals surface area contributed by atoms with Crippen LogP contribution in [-0.4, -0.2) is 22.0 Å². The minimum atomic E-state index is -0.272. The molecule has 0 saturated heterocycles. The zero-order valence-corrected chi connectivity index (χ0v) is 17.2. The van der Waals surface area contributed by atoms with Gasteiger partial charge in [-0.15, -0.1) is 0 Å². The highest BCUT2D eigenvalue weighted by atomic mass is 16.5.